The van der Waals surface area contributed by atoms with Gasteiger partial charge in [-0.1, -0.05) is 22.0 Å². The minimum Gasteiger partial charge on any atom is -0.471 e. The Labute approximate surface area is 194 Å². The molecule has 1 saturated heterocycles. The zero-order chi connectivity index (χ0) is 21.9. The molecule has 3 aromatic rings. The number of benzene rings is 2. The van der Waals surface area contributed by atoms with Crippen molar-refractivity contribution in [2.75, 3.05) is 33.0 Å². The molecule has 2 aromatic carbocycles. The van der Waals surface area contributed by atoms with Crippen molar-refractivity contribution >= 4 is 21.8 Å². The average molecular weight is 499 g/mol. The van der Waals surface area contributed by atoms with Crippen molar-refractivity contribution in [1.82, 2.24) is 19.6 Å². The fourth-order valence-corrected chi connectivity index (χ4v) is 4.05. The third-order valence-electron chi connectivity index (χ3n) is 5.54. The summed E-state index contributed by atoms with van der Waals surface area (Å²) in [5.41, 5.74) is 1.62. The summed E-state index contributed by atoms with van der Waals surface area (Å²) in [6.07, 6.45) is 1.77. The number of carbonyl (C=O) groups is 1. The number of piperazine rings is 1. The smallest absolute Gasteiger partial charge is 0.274 e. The Morgan fingerprint density at radius 3 is 2.59 bits per heavy atom. The maximum absolute atomic E-state index is 12.9. The lowest BCUT2D eigenvalue weighted by atomic mass is 10.1. The molecule has 0 atom stereocenters. The van der Waals surface area contributed by atoms with E-state index in [1.165, 1.54) is 5.56 Å². The van der Waals surface area contributed by atoms with E-state index in [0.29, 0.717) is 18.8 Å². The highest BCUT2D eigenvalue weighted by atomic mass is 79.9. The molecule has 0 unspecified atom stereocenters. The van der Waals surface area contributed by atoms with Gasteiger partial charge in [-0.3, -0.25) is 9.69 Å². The Bertz CT molecular complexity index is 1090. The SMILES string of the molecule is O=C(c1ccn(COc2ccc(Br)cc2)n1)N1CCN(Cc2ccc3c(c2)OCO3)CC1. The van der Waals surface area contributed by atoms with Crippen LogP contribution >= 0.6 is 15.9 Å². The number of hydrogen-bond acceptors (Lipinski definition) is 6. The molecule has 5 rings (SSSR count). The van der Waals surface area contributed by atoms with Gasteiger partial charge in [0.05, 0.1) is 0 Å². The maximum Gasteiger partial charge on any atom is 0.274 e. The van der Waals surface area contributed by atoms with Crippen molar-refractivity contribution in [1.29, 1.82) is 0 Å². The number of rotatable bonds is 6. The third-order valence-corrected chi connectivity index (χ3v) is 6.07. The van der Waals surface area contributed by atoms with Gasteiger partial charge in [-0.2, -0.15) is 5.10 Å². The highest BCUT2D eigenvalue weighted by Crippen LogP contribution is 2.32. The van der Waals surface area contributed by atoms with Crippen LogP contribution in [0.2, 0.25) is 0 Å². The largest absolute Gasteiger partial charge is 0.471 e. The molecule has 9 heteroatoms. The van der Waals surface area contributed by atoms with E-state index in [9.17, 15) is 4.79 Å². The zero-order valence-electron chi connectivity index (χ0n) is 17.4. The van der Waals surface area contributed by atoms with E-state index in [-0.39, 0.29) is 19.4 Å². The Balaban J connectivity index is 1.11. The van der Waals surface area contributed by atoms with Crippen molar-refractivity contribution in [3.8, 4) is 17.2 Å². The summed E-state index contributed by atoms with van der Waals surface area (Å²) < 4.78 is 19.2. The van der Waals surface area contributed by atoms with Gasteiger partial charge in [-0.15, -0.1) is 0 Å². The van der Waals surface area contributed by atoms with Crippen molar-refractivity contribution in [3.63, 3.8) is 0 Å². The molecule has 1 fully saturated rings. The van der Waals surface area contributed by atoms with Crippen LogP contribution in [0.25, 0.3) is 0 Å². The molecular weight excluding hydrogens is 476 g/mol. The summed E-state index contributed by atoms with van der Waals surface area (Å²) in [5.74, 6) is 2.30. The van der Waals surface area contributed by atoms with E-state index < -0.39 is 0 Å². The first-order chi connectivity index (χ1) is 15.6. The first-order valence-electron chi connectivity index (χ1n) is 10.5. The molecule has 0 bridgehead atoms. The molecule has 0 aliphatic carbocycles. The predicted molar refractivity (Wildman–Crippen MR) is 121 cm³/mol. The van der Waals surface area contributed by atoms with Crippen LogP contribution in [0.5, 0.6) is 17.2 Å². The van der Waals surface area contributed by atoms with Crippen LogP contribution in [-0.2, 0) is 13.3 Å². The number of ether oxygens (including phenoxy) is 3. The Hall–Kier alpha value is -3.04. The zero-order valence-corrected chi connectivity index (χ0v) is 19.0. The number of carbonyl (C=O) groups excluding carboxylic acids is 1. The topological polar surface area (TPSA) is 69.1 Å². The van der Waals surface area contributed by atoms with Gasteiger partial charge in [-0.25, -0.2) is 4.68 Å². The monoisotopic (exact) mass is 498 g/mol. The van der Waals surface area contributed by atoms with Crippen molar-refractivity contribution in [3.05, 3.63) is 70.5 Å². The molecule has 166 valence electrons. The number of halogens is 1. The van der Waals surface area contributed by atoms with Crippen LogP contribution in [0.3, 0.4) is 0 Å². The molecule has 2 aliphatic rings. The first kappa shape index (κ1) is 20.8. The first-order valence-corrected chi connectivity index (χ1v) is 11.3. The average Bonchev–Trinajstić information content (AvgIpc) is 3.48. The van der Waals surface area contributed by atoms with Crippen molar-refractivity contribution < 1.29 is 19.0 Å². The number of amides is 1. The highest BCUT2D eigenvalue weighted by molar-refractivity contribution is 9.10. The van der Waals surface area contributed by atoms with Gasteiger partial charge in [-0.05, 0) is 48.0 Å². The quantitative estimate of drug-likeness (QED) is 0.518. The normalized spacial score (nSPS) is 15.7. The molecule has 8 nitrogen and oxygen atoms in total. The Morgan fingerprint density at radius 1 is 1.00 bits per heavy atom. The summed E-state index contributed by atoms with van der Waals surface area (Å²) in [7, 11) is 0. The second kappa shape index (κ2) is 9.22. The lowest BCUT2D eigenvalue weighted by Gasteiger charge is -2.34. The van der Waals surface area contributed by atoms with Gasteiger partial charge >= 0.3 is 0 Å². The van der Waals surface area contributed by atoms with Gasteiger partial charge < -0.3 is 19.1 Å². The molecule has 0 saturated carbocycles. The van der Waals surface area contributed by atoms with Gasteiger partial charge in [0, 0.05) is 43.4 Å². The van der Waals surface area contributed by atoms with Crippen LogP contribution in [0, 0.1) is 0 Å². The van der Waals surface area contributed by atoms with Gasteiger partial charge in [0.1, 0.15) is 5.75 Å². The van der Waals surface area contributed by atoms with E-state index in [1.807, 2.05) is 41.3 Å². The van der Waals surface area contributed by atoms with Crippen LogP contribution < -0.4 is 14.2 Å². The van der Waals surface area contributed by atoms with Crippen LogP contribution in [0.1, 0.15) is 16.1 Å². The number of nitrogens with zero attached hydrogens (tertiary/aromatic N) is 4. The third kappa shape index (κ3) is 4.73. The Kier molecular flexibility index (Phi) is 6.00. The second-order valence-corrected chi connectivity index (χ2v) is 8.64. The van der Waals surface area contributed by atoms with Gasteiger partial charge in [0.25, 0.3) is 5.91 Å². The fourth-order valence-electron chi connectivity index (χ4n) is 3.79. The van der Waals surface area contributed by atoms with E-state index in [0.717, 1.165) is 41.4 Å². The minimum atomic E-state index is -0.0462. The number of fused-ring (bicyclic) bond motifs is 1. The van der Waals surface area contributed by atoms with E-state index in [1.54, 1.807) is 16.9 Å². The van der Waals surface area contributed by atoms with Gasteiger partial charge in [0.2, 0.25) is 6.79 Å². The lowest BCUT2D eigenvalue weighted by Crippen LogP contribution is -2.48. The summed E-state index contributed by atoms with van der Waals surface area (Å²) in [5, 5.41) is 4.39. The van der Waals surface area contributed by atoms with Crippen LogP contribution in [0.4, 0.5) is 0 Å². The number of aromatic nitrogens is 2. The minimum absolute atomic E-state index is 0.0462. The predicted octanol–water partition coefficient (Wildman–Crippen LogP) is 3.37. The molecule has 1 aromatic heterocycles. The maximum atomic E-state index is 12.9. The summed E-state index contributed by atoms with van der Waals surface area (Å²) in [6.45, 7) is 4.32. The van der Waals surface area contributed by atoms with Crippen molar-refractivity contribution in [2.24, 2.45) is 0 Å². The molecule has 2 aliphatic heterocycles. The van der Waals surface area contributed by atoms with E-state index >= 15 is 0 Å². The summed E-state index contributed by atoms with van der Waals surface area (Å²) in [4.78, 5) is 17.1. The molecule has 3 heterocycles. The van der Waals surface area contributed by atoms with E-state index in [2.05, 4.69) is 32.0 Å². The van der Waals surface area contributed by atoms with E-state index in [4.69, 9.17) is 14.2 Å². The molecular formula is C23H23BrN4O4. The van der Waals surface area contributed by atoms with Crippen LogP contribution in [0.15, 0.2) is 59.2 Å². The second-order valence-electron chi connectivity index (χ2n) is 7.72. The summed E-state index contributed by atoms with van der Waals surface area (Å²) in [6, 6.07) is 15.4. The number of hydrogen-bond donors (Lipinski definition) is 0. The Morgan fingerprint density at radius 2 is 1.78 bits per heavy atom. The molecule has 0 radical (unpaired) electrons. The summed E-state index contributed by atoms with van der Waals surface area (Å²) >= 11 is 3.40. The molecule has 0 N–H and O–H groups in total. The fraction of sp³-hybridized carbons (Fsp3) is 0.304. The highest BCUT2D eigenvalue weighted by Gasteiger charge is 2.24. The molecule has 0 spiro atoms. The molecule has 1 amide bonds. The standard InChI is InChI=1S/C23H23BrN4O4/c24-18-2-4-19(5-3-18)30-15-28-8-7-20(25-28)23(29)27-11-9-26(10-12-27)14-17-1-6-21-22(13-17)32-16-31-21/h1-8,13H,9-12,14-16H2. The van der Waals surface area contributed by atoms with Crippen LogP contribution in [-0.4, -0.2) is 58.5 Å². The lowest BCUT2D eigenvalue weighted by molar-refractivity contribution is 0.0621. The van der Waals surface area contributed by atoms with Gasteiger partial charge in [0.15, 0.2) is 23.9 Å². The van der Waals surface area contributed by atoms with Crippen molar-refractivity contribution in [2.45, 2.75) is 13.3 Å². The molecule has 32 heavy (non-hydrogen) atoms.